The van der Waals surface area contributed by atoms with Crippen LogP contribution in [0.3, 0.4) is 0 Å². The molecule has 3 atom stereocenters. The van der Waals surface area contributed by atoms with Gasteiger partial charge < -0.3 is 9.47 Å². The van der Waals surface area contributed by atoms with Crippen LogP contribution in [0.5, 0.6) is 0 Å². The molecule has 2 unspecified atom stereocenters. The van der Waals surface area contributed by atoms with Crippen LogP contribution in [0.1, 0.15) is 55.6 Å². The lowest BCUT2D eigenvalue weighted by atomic mass is 9.85. The summed E-state index contributed by atoms with van der Waals surface area (Å²) in [6.45, 7) is 7.39. The predicted octanol–water partition coefficient (Wildman–Crippen LogP) is 4.57. The lowest BCUT2D eigenvalue weighted by Crippen LogP contribution is -2.23. The molecule has 3 rings (SSSR count). The minimum atomic E-state index is -0.232. The summed E-state index contributed by atoms with van der Waals surface area (Å²) in [4.78, 5) is 11.3. The van der Waals surface area contributed by atoms with Gasteiger partial charge in [0.1, 0.15) is 0 Å². The molecule has 0 N–H and O–H groups in total. The van der Waals surface area contributed by atoms with E-state index in [0.717, 1.165) is 29.8 Å². The molecule has 0 saturated carbocycles. The van der Waals surface area contributed by atoms with Gasteiger partial charge >= 0.3 is 5.97 Å². The van der Waals surface area contributed by atoms with Gasteiger partial charge in [0, 0.05) is 18.8 Å². The Labute approximate surface area is 173 Å². The molecular formula is C24H30N2O3. The van der Waals surface area contributed by atoms with E-state index in [9.17, 15) is 4.79 Å². The van der Waals surface area contributed by atoms with Crippen LogP contribution in [-0.2, 0) is 27.3 Å². The first kappa shape index (κ1) is 21.2. The van der Waals surface area contributed by atoms with Crippen LogP contribution in [0.15, 0.2) is 42.5 Å². The van der Waals surface area contributed by atoms with E-state index in [1.54, 1.807) is 0 Å². The van der Waals surface area contributed by atoms with Crippen molar-refractivity contribution in [3.63, 3.8) is 0 Å². The number of carbonyl (C=O) groups is 1. The second kappa shape index (κ2) is 10.3. The highest BCUT2D eigenvalue weighted by Crippen LogP contribution is 2.28. The Morgan fingerprint density at radius 2 is 2.03 bits per heavy atom. The maximum atomic E-state index is 11.3. The topological polar surface area (TPSA) is 61.3 Å². The SMILES string of the molecule is CC(=O)OC[C@@H]1Cc2cc(nnc2C(C)COCc2ccccc2)/C=C\CC1C. The zero-order valence-electron chi connectivity index (χ0n) is 17.5. The lowest BCUT2D eigenvalue weighted by molar-refractivity contribution is -0.142. The first-order chi connectivity index (χ1) is 14.0. The highest BCUT2D eigenvalue weighted by Gasteiger charge is 2.23. The molecule has 0 fully saturated rings. The number of carbonyl (C=O) groups excluding carboxylic acids is 1. The summed E-state index contributed by atoms with van der Waals surface area (Å²) < 4.78 is 11.3. The molecule has 5 nitrogen and oxygen atoms in total. The van der Waals surface area contributed by atoms with Crippen molar-refractivity contribution in [2.75, 3.05) is 13.2 Å². The molecule has 0 radical (unpaired) electrons. The summed E-state index contributed by atoms with van der Waals surface area (Å²) in [6, 6.07) is 12.3. The number of fused-ring (bicyclic) bond motifs is 2. The maximum Gasteiger partial charge on any atom is 0.302 e. The molecule has 1 aromatic carbocycles. The normalized spacial score (nSPS) is 20.8. The number of hydrogen-bond donors (Lipinski definition) is 0. The van der Waals surface area contributed by atoms with Gasteiger partial charge in [0.2, 0.25) is 0 Å². The van der Waals surface area contributed by atoms with Gasteiger partial charge in [-0.1, -0.05) is 50.3 Å². The summed E-state index contributed by atoms with van der Waals surface area (Å²) in [5.74, 6) is 0.543. The Morgan fingerprint density at radius 1 is 1.24 bits per heavy atom. The minimum Gasteiger partial charge on any atom is -0.466 e. The monoisotopic (exact) mass is 394 g/mol. The summed E-state index contributed by atoms with van der Waals surface area (Å²) in [5.41, 5.74) is 4.17. The average Bonchev–Trinajstić information content (AvgIpc) is 2.76. The number of rotatable bonds is 7. The molecular weight excluding hydrogens is 364 g/mol. The predicted molar refractivity (Wildman–Crippen MR) is 113 cm³/mol. The second-order valence-corrected chi connectivity index (χ2v) is 7.96. The van der Waals surface area contributed by atoms with Crippen LogP contribution in [-0.4, -0.2) is 29.4 Å². The first-order valence-electron chi connectivity index (χ1n) is 10.3. The van der Waals surface area contributed by atoms with Crippen molar-refractivity contribution < 1.29 is 14.3 Å². The van der Waals surface area contributed by atoms with Crippen molar-refractivity contribution in [3.05, 3.63) is 65.0 Å². The Kier molecular flexibility index (Phi) is 7.53. The smallest absolute Gasteiger partial charge is 0.302 e. The maximum absolute atomic E-state index is 11.3. The average molecular weight is 395 g/mol. The molecule has 0 amide bonds. The summed E-state index contributed by atoms with van der Waals surface area (Å²) >= 11 is 0. The third-order valence-corrected chi connectivity index (χ3v) is 5.45. The van der Waals surface area contributed by atoms with Crippen molar-refractivity contribution in [1.82, 2.24) is 10.2 Å². The number of esters is 1. The minimum absolute atomic E-state index is 0.129. The fourth-order valence-electron chi connectivity index (χ4n) is 3.65. The van der Waals surface area contributed by atoms with E-state index < -0.39 is 0 Å². The van der Waals surface area contributed by atoms with Gasteiger partial charge in [0.25, 0.3) is 0 Å². The first-order valence-corrected chi connectivity index (χ1v) is 10.3. The molecule has 29 heavy (non-hydrogen) atoms. The van der Waals surface area contributed by atoms with Crippen molar-refractivity contribution in [3.8, 4) is 0 Å². The Morgan fingerprint density at radius 3 is 2.79 bits per heavy atom. The molecule has 1 aromatic heterocycles. The van der Waals surface area contributed by atoms with E-state index in [-0.39, 0.29) is 17.8 Å². The van der Waals surface area contributed by atoms with Gasteiger partial charge in [-0.25, -0.2) is 0 Å². The number of hydrogen-bond acceptors (Lipinski definition) is 5. The van der Waals surface area contributed by atoms with Crippen LogP contribution in [0.25, 0.3) is 6.08 Å². The van der Waals surface area contributed by atoms with Crippen LogP contribution in [0.4, 0.5) is 0 Å². The van der Waals surface area contributed by atoms with E-state index >= 15 is 0 Å². The van der Waals surface area contributed by atoms with E-state index in [0.29, 0.717) is 25.7 Å². The van der Waals surface area contributed by atoms with E-state index in [1.165, 1.54) is 12.5 Å². The molecule has 0 spiro atoms. The van der Waals surface area contributed by atoms with Gasteiger partial charge in [-0.05, 0) is 42.0 Å². The third-order valence-electron chi connectivity index (χ3n) is 5.45. The molecule has 1 heterocycles. The fraction of sp³-hybridized carbons (Fsp3) is 0.458. The van der Waals surface area contributed by atoms with E-state index in [4.69, 9.17) is 9.47 Å². The zero-order chi connectivity index (χ0) is 20.6. The number of allylic oxidation sites excluding steroid dienone is 1. The number of nitrogens with zero attached hydrogens (tertiary/aromatic N) is 2. The van der Waals surface area contributed by atoms with Crippen molar-refractivity contribution in [2.24, 2.45) is 11.8 Å². The zero-order valence-corrected chi connectivity index (χ0v) is 17.5. The highest BCUT2D eigenvalue weighted by atomic mass is 16.5. The van der Waals surface area contributed by atoms with Crippen LogP contribution < -0.4 is 0 Å². The molecule has 0 saturated heterocycles. The molecule has 1 aliphatic carbocycles. The fourth-order valence-corrected chi connectivity index (χ4v) is 3.65. The molecule has 2 aromatic rings. The van der Waals surface area contributed by atoms with Crippen LogP contribution in [0, 0.1) is 11.8 Å². The number of aromatic nitrogens is 2. The van der Waals surface area contributed by atoms with Gasteiger partial charge in [-0.15, -0.1) is 0 Å². The molecule has 5 heteroatoms. The summed E-state index contributed by atoms with van der Waals surface area (Å²) in [6.07, 6.45) is 5.91. The van der Waals surface area contributed by atoms with Crippen LogP contribution >= 0.6 is 0 Å². The largest absolute Gasteiger partial charge is 0.466 e. The number of benzene rings is 1. The molecule has 1 aliphatic rings. The van der Waals surface area contributed by atoms with Gasteiger partial charge in [-0.2, -0.15) is 10.2 Å². The Balaban J connectivity index is 1.72. The standard InChI is InChI=1S/C24H30N2O3/c1-17-8-7-11-23-13-21(12-22(17)16-29-19(3)27)24(26-25-23)18(2)14-28-15-20-9-5-4-6-10-20/h4-7,9-11,13,17-18,22H,8,12,14-16H2,1-3H3/b11-7-/t17?,18?,22-/m0/s1. The van der Waals surface area contributed by atoms with Crippen molar-refractivity contribution in [2.45, 2.75) is 46.1 Å². The highest BCUT2D eigenvalue weighted by molar-refractivity contribution is 5.65. The van der Waals surface area contributed by atoms with Crippen LogP contribution in [0.2, 0.25) is 0 Å². The van der Waals surface area contributed by atoms with E-state index in [2.05, 4.69) is 48.3 Å². The molecule has 0 aliphatic heterocycles. The molecule has 2 bridgehead atoms. The summed E-state index contributed by atoms with van der Waals surface area (Å²) in [7, 11) is 0. The Hall–Kier alpha value is -2.53. The van der Waals surface area contributed by atoms with Crippen molar-refractivity contribution >= 4 is 12.0 Å². The third kappa shape index (κ3) is 6.23. The summed E-state index contributed by atoms with van der Waals surface area (Å²) in [5, 5.41) is 8.92. The van der Waals surface area contributed by atoms with Gasteiger partial charge in [0.15, 0.2) is 0 Å². The lowest BCUT2D eigenvalue weighted by Gasteiger charge is -2.24. The number of ether oxygens (including phenoxy) is 2. The molecule has 154 valence electrons. The quantitative estimate of drug-likeness (QED) is 0.644. The Bertz CT molecular complexity index is 835. The second-order valence-electron chi connectivity index (χ2n) is 7.96. The van der Waals surface area contributed by atoms with Crippen molar-refractivity contribution in [1.29, 1.82) is 0 Å². The van der Waals surface area contributed by atoms with E-state index in [1.807, 2.05) is 24.3 Å². The van der Waals surface area contributed by atoms with Gasteiger partial charge in [0.05, 0.1) is 31.2 Å². The van der Waals surface area contributed by atoms with Gasteiger partial charge in [-0.3, -0.25) is 4.79 Å².